The number of fused-ring (bicyclic) bond motifs is 1. The normalized spacial score (nSPS) is 20.0. The van der Waals surface area contributed by atoms with Crippen molar-refractivity contribution in [1.82, 2.24) is 24.6 Å². The van der Waals surface area contributed by atoms with E-state index in [1.807, 2.05) is 29.9 Å². The van der Waals surface area contributed by atoms with Gasteiger partial charge >= 0.3 is 5.97 Å². The van der Waals surface area contributed by atoms with Crippen LogP contribution in [0.25, 0.3) is 11.0 Å². The van der Waals surface area contributed by atoms with Gasteiger partial charge in [0.1, 0.15) is 0 Å². The van der Waals surface area contributed by atoms with Crippen molar-refractivity contribution in [2.45, 2.75) is 45.6 Å². The number of aromatic nitrogens is 4. The van der Waals surface area contributed by atoms with Gasteiger partial charge in [-0.2, -0.15) is 10.1 Å². The number of rotatable bonds is 8. The van der Waals surface area contributed by atoms with Crippen LogP contribution < -0.4 is 4.90 Å². The number of hydrogen-bond donors (Lipinski definition) is 1. The Morgan fingerprint density at radius 2 is 2.03 bits per heavy atom. The maximum Gasteiger partial charge on any atom is 0.303 e. The molecule has 3 aromatic rings. The molecule has 2 saturated heterocycles. The third-order valence-corrected chi connectivity index (χ3v) is 8.23. The van der Waals surface area contributed by atoms with Crippen LogP contribution in [0.1, 0.15) is 49.9 Å². The lowest BCUT2D eigenvalue weighted by molar-refractivity contribution is -0.137. The molecule has 1 unspecified atom stereocenters. The molecule has 2 aliphatic rings. The molecule has 1 aromatic carbocycles. The van der Waals surface area contributed by atoms with Crippen LogP contribution in [0.3, 0.4) is 0 Å². The first kappa shape index (κ1) is 25.2. The van der Waals surface area contributed by atoms with E-state index in [-0.39, 0.29) is 12.5 Å². The zero-order chi connectivity index (χ0) is 25.4. The maximum absolute atomic E-state index is 10.8. The van der Waals surface area contributed by atoms with Crippen LogP contribution >= 0.6 is 23.2 Å². The van der Waals surface area contributed by atoms with Crippen molar-refractivity contribution in [2.24, 2.45) is 11.8 Å². The van der Waals surface area contributed by atoms with Crippen LogP contribution in [0.4, 0.5) is 5.95 Å². The lowest BCUT2D eigenvalue weighted by Gasteiger charge is -2.46. The summed E-state index contributed by atoms with van der Waals surface area (Å²) in [6.07, 6.45) is 5.26. The van der Waals surface area contributed by atoms with Crippen molar-refractivity contribution >= 4 is 46.2 Å². The van der Waals surface area contributed by atoms with E-state index in [9.17, 15) is 4.79 Å². The van der Waals surface area contributed by atoms with Gasteiger partial charge in [-0.1, -0.05) is 29.3 Å². The predicted octanol–water partition coefficient (Wildman–Crippen LogP) is 5.06. The Hall–Kier alpha value is -2.42. The summed E-state index contributed by atoms with van der Waals surface area (Å²) in [5.41, 5.74) is 2.64. The smallest absolute Gasteiger partial charge is 0.303 e. The molecular formula is C26H32Cl2N6O2. The number of aliphatic carboxylic acids is 1. The SMILES string of the molecule is Cc1nn(C(C)c2ccc(Cl)cc2Cl)c2nc(N3CC([C@H]4CCCN(CCCC(=O)O)C4)C3)ncc12. The molecule has 2 fully saturated rings. The van der Waals surface area contributed by atoms with E-state index in [4.69, 9.17) is 38.4 Å². The molecule has 0 saturated carbocycles. The zero-order valence-corrected chi connectivity index (χ0v) is 22.2. The summed E-state index contributed by atoms with van der Waals surface area (Å²) in [4.78, 5) is 25.1. The number of carbonyl (C=O) groups is 1. The van der Waals surface area contributed by atoms with Gasteiger partial charge in [0.15, 0.2) is 5.65 Å². The third kappa shape index (κ3) is 5.17. The largest absolute Gasteiger partial charge is 0.481 e. The van der Waals surface area contributed by atoms with Gasteiger partial charge in [-0.15, -0.1) is 0 Å². The molecule has 2 atom stereocenters. The fourth-order valence-corrected chi connectivity index (χ4v) is 6.12. The molecule has 10 heteroatoms. The minimum Gasteiger partial charge on any atom is -0.481 e. The summed E-state index contributed by atoms with van der Waals surface area (Å²) >= 11 is 12.6. The van der Waals surface area contributed by atoms with Crippen LogP contribution in [0.5, 0.6) is 0 Å². The van der Waals surface area contributed by atoms with Crippen molar-refractivity contribution in [3.05, 3.63) is 45.7 Å². The fraction of sp³-hybridized carbons (Fsp3) is 0.538. The van der Waals surface area contributed by atoms with Gasteiger partial charge in [-0.05, 0) is 75.7 Å². The van der Waals surface area contributed by atoms with Gasteiger partial charge in [-0.3, -0.25) is 4.79 Å². The Balaban J connectivity index is 1.27. The number of piperidine rings is 1. The summed E-state index contributed by atoms with van der Waals surface area (Å²) in [5.74, 6) is 1.29. The molecule has 2 aromatic heterocycles. The van der Waals surface area contributed by atoms with Crippen molar-refractivity contribution in [3.63, 3.8) is 0 Å². The highest BCUT2D eigenvalue weighted by Crippen LogP contribution is 2.34. The van der Waals surface area contributed by atoms with Gasteiger partial charge in [0, 0.05) is 42.3 Å². The van der Waals surface area contributed by atoms with Gasteiger partial charge in [0.25, 0.3) is 0 Å². The quantitative estimate of drug-likeness (QED) is 0.435. The highest BCUT2D eigenvalue weighted by molar-refractivity contribution is 6.35. The summed E-state index contributed by atoms with van der Waals surface area (Å²) < 4.78 is 1.93. The molecule has 8 nitrogen and oxygen atoms in total. The minimum absolute atomic E-state index is 0.104. The molecule has 0 spiro atoms. The first-order valence-corrected chi connectivity index (χ1v) is 13.4. The molecular weight excluding hydrogens is 499 g/mol. The standard InChI is InChI=1S/C26H32Cl2N6O2/c1-16-22-12-29-26(30-25(22)34(31-16)17(2)21-8-7-20(27)11-23(21)28)33-14-19(15-33)18-5-3-9-32(13-18)10-4-6-24(35)36/h7-8,11-12,17-19H,3-6,9-10,13-15H2,1-2H3,(H,35,36)/t17?,18-/m0/s1. The topological polar surface area (TPSA) is 87.4 Å². The van der Waals surface area contributed by atoms with Crippen LogP contribution in [0.15, 0.2) is 24.4 Å². The van der Waals surface area contributed by atoms with E-state index in [1.165, 1.54) is 12.8 Å². The molecule has 1 N–H and O–H groups in total. The van der Waals surface area contributed by atoms with Crippen LogP contribution in [0, 0.1) is 18.8 Å². The second kappa shape index (κ2) is 10.5. The Morgan fingerprint density at radius 3 is 2.78 bits per heavy atom. The molecule has 0 bridgehead atoms. The van der Waals surface area contributed by atoms with E-state index in [0.717, 1.165) is 67.4 Å². The summed E-state index contributed by atoms with van der Waals surface area (Å²) in [6, 6.07) is 5.44. The average Bonchev–Trinajstić information content (AvgIpc) is 3.14. The summed E-state index contributed by atoms with van der Waals surface area (Å²) in [7, 11) is 0. The number of carboxylic acid groups (broad SMARTS) is 1. The van der Waals surface area contributed by atoms with Crippen molar-refractivity contribution in [2.75, 3.05) is 37.6 Å². The Bertz CT molecular complexity index is 1260. The molecule has 2 aliphatic heterocycles. The van der Waals surface area contributed by atoms with Gasteiger partial charge in [-0.25, -0.2) is 9.67 Å². The zero-order valence-electron chi connectivity index (χ0n) is 20.7. The Kier molecular flexibility index (Phi) is 7.37. The summed E-state index contributed by atoms with van der Waals surface area (Å²) in [6.45, 7) is 8.94. The first-order valence-electron chi connectivity index (χ1n) is 12.7. The second-order valence-electron chi connectivity index (χ2n) is 10.1. The molecule has 0 amide bonds. The van der Waals surface area contributed by atoms with Gasteiger partial charge in [0.05, 0.1) is 17.1 Å². The van der Waals surface area contributed by atoms with Crippen LogP contribution in [-0.4, -0.2) is 68.4 Å². The Morgan fingerprint density at radius 1 is 1.22 bits per heavy atom. The highest BCUT2D eigenvalue weighted by Gasteiger charge is 2.37. The maximum atomic E-state index is 10.8. The van der Waals surface area contributed by atoms with Crippen molar-refractivity contribution < 1.29 is 9.90 Å². The Labute approximate surface area is 221 Å². The van der Waals surface area contributed by atoms with Crippen LogP contribution in [-0.2, 0) is 4.79 Å². The number of nitrogens with zero attached hydrogens (tertiary/aromatic N) is 6. The summed E-state index contributed by atoms with van der Waals surface area (Å²) in [5, 5.41) is 15.8. The third-order valence-electron chi connectivity index (χ3n) is 7.67. The molecule has 36 heavy (non-hydrogen) atoms. The molecule has 0 radical (unpaired) electrons. The number of anilines is 1. The van der Waals surface area contributed by atoms with Gasteiger partial charge < -0.3 is 14.9 Å². The molecule has 192 valence electrons. The van der Waals surface area contributed by atoms with Crippen molar-refractivity contribution in [1.29, 1.82) is 0 Å². The van der Waals surface area contributed by atoms with Gasteiger partial charge in [0.2, 0.25) is 5.95 Å². The monoisotopic (exact) mass is 530 g/mol. The molecule has 0 aliphatic carbocycles. The van der Waals surface area contributed by atoms with E-state index >= 15 is 0 Å². The second-order valence-corrected chi connectivity index (χ2v) is 11.0. The highest BCUT2D eigenvalue weighted by atomic mass is 35.5. The van der Waals surface area contributed by atoms with Crippen LogP contribution in [0.2, 0.25) is 10.0 Å². The number of aryl methyl sites for hydroxylation is 1. The van der Waals surface area contributed by atoms with E-state index in [1.54, 1.807) is 6.07 Å². The van der Waals surface area contributed by atoms with Crippen molar-refractivity contribution in [3.8, 4) is 0 Å². The number of halogens is 2. The fourth-order valence-electron chi connectivity index (χ4n) is 5.56. The molecule has 5 rings (SSSR count). The number of benzene rings is 1. The number of hydrogen-bond acceptors (Lipinski definition) is 6. The lowest BCUT2D eigenvalue weighted by atomic mass is 9.80. The van der Waals surface area contributed by atoms with E-state index in [2.05, 4.69) is 21.7 Å². The van der Waals surface area contributed by atoms with E-state index in [0.29, 0.717) is 21.9 Å². The van der Waals surface area contributed by atoms with E-state index < -0.39 is 5.97 Å². The number of likely N-dealkylation sites (tertiary alicyclic amines) is 1. The molecule has 4 heterocycles. The average molecular weight is 531 g/mol. The minimum atomic E-state index is -0.711. The number of carboxylic acids is 1. The first-order chi connectivity index (χ1) is 17.3. The lowest BCUT2D eigenvalue weighted by Crippen LogP contribution is -2.54. The predicted molar refractivity (Wildman–Crippen MR) is 142 cm³/mol.